The van der Waals surface area contributed by atoms with E-state index < -0.39 is 5.92 Å². The molecule has 7 nitrogen and oxygen atoms in total. The topological polar surface area (TPSA) is 79.3 Å². The molecule has 0 N–H and O–H groups in total. The van der Waals surface area contributed by atoms with Crippen molar-refractivity contribution >= 4 is 17.6 Å². The van der Waals surface area contributed by atoms with E-state index in [0.29, 0.717) is 23.8 Å². The van der Waals surface area contributed by atoms with Crippen molar-refractivity contribution < 1.29 is 18.7 Å². The molecule has 1 aliphatic carbocycles. The molecule has 0 radical (unpaired) electrons. The minimum Gasteiger partial charge on any atom is -0.335 e. The minimum atomic E-state index is -0.480. The average Bonchev–Trinajstić information content (AvgIpc) is 3.20. The molecule has 29 heavy (non-hydrogen) atoms. The first kappa shape index (κ1) is 19.0. The third-order valence-electron chi connectivity index (χ3n) is 5.36. The summed E-state index contributed by atoms with van der Waals surface area (Å²) in [5, 5.41) is 4.05. The number of aryl methyl sites for hydroxylation is 1. The highest BCUT2D eigenvalue weighted by Gasteiger charge is 2.48. The monoisotopic (exact) mass is 391 g/mol. The van der Waals surface area contributed by atoms with Gasteiger partial charge < -0.3 is 4.52 Å². The lowest BCUT2D eigenvalue weighted by Crippen LogP contribution is -2.56. The van der Waals surface area contributed by atoms with Gasteiger partial charge in [-0.15, -0.1) is 0 Å². The van der Waals surface area contributed by atoms with E-state index in [2.05, 4.69) is 10.1 Å². The van der Waals surface area contributed by atoms with Crippen LogP contribution in [0.25, 0.3) is 11.4 Å². The van der Waals surface area contributed by atoms with Crippen molar-refractivity contribution in [3.63, 3.8) is 0 Å². The number of amides is 3. The fourth-order valence-corrected chi connectivity index (χ4v) is 3.50. The summed E-state index contributed by atoms with van der Waals surface area (Å²) in [4.78, 5) is 31.9. The quantitative estimate of drug-likeness (QED) is 0.729. The van der Waals surface area contributed by atoms with Gasteiger partial charge in [-0.1, -0.05) is 60.1 Å². The van der Waals surface area contributed by atoms with Crippen molar-refractivity contribution in [2.24, 2.45) is 5.92 Å². The molecule has 2 aromatic rings. The molecule has 2 atom stereocenters. The summed E-state index contributed by atoms with van der Waals surface area (Å²) in [6, 6.07) is 7.27. The Labute approximate surface area is 169 Å². The standard InChI is InChI=1S/C22H23N4O3/c1-4-15(3)26-21(27)17-7-5-6-8-18(17)25(22(26)28)13-19-23-20(24-29-19)16-11-9-14(2)10-12-16/h5-12,15,17H,4,13H2,1-3H3/q+1. The van der Waals surface area contributed by atoms with Gasteiger partial charge in [0.25, 0.3) is 5.89 Å². The Morgan fingerprint density at radius 1 is 1.21 bits per heavy atom. The van der Waals surface area contributed by atoms with E-state index in [4.69, 9.17) is 4.52 Å². The van der Waals surface area contributed by atoms with Gasteiger partial charge in [0.05, 0.1) is 0 Å². The van der Waals surface area contributed by atoms with Crippen LogP contribution in [0.3, 0.4) is 0 Å². The maximum absolute atomic E-state index is 13.2. The molecular weight excluding hydrogens is 368 g/mol. The van der Waals surface area contributed by atoms with Crippen LogP contribution in [0.5, 0.6) is 0 Å². The Hall–Kier alpha value is -3.35. The van der Waals surface area contributed by atoms with Crippen molar-refractivity contribution in [1.29, 1.82) is 0 Å². The molecule has 0 bridgehead atoms. The van der Waals surface area contributed by atoms with Gasteiger partial charge in [-0.05, 0) is 26.3 Å². The highest BCUT2D eigenvalue weighted by Crippen LogP contribution is 2.24. The number of urea groups is 1. The van der Waals surface area contributed by atoms with Gasteiger partial charge in [-0.2, -0.15) is 19.3 Å². The largest absolute Gasteiger partial charge is 0.501 e. The van der Waals surface area contributed by atoms with Crippen LogP contribution in [0.4, 0.5) is 4.79 Å². The van der Waals surface area contributed by atoms with Gasteiger partial charge in [0.1, 0.15) is 17.7 Å². The van der Waals surface area contributed by atoms with Crippen molar-refractivity contribution in [2.45, 2.75) is 39.8 Å². The molecule has 1 aromatic heterocycles. The first-order chi connectivity index (χ1) is 14.0. The lowest BCUT2D eigenvalue weighted by molar-refractivity contribution is -0.461. The molecule has 0 saturated carbocycles. The molecule has 3 amide bonds. The number of rotatable bonds is 5. The Bertz CT molecular complexity index is 1050. The summed E-state index contributed by atoms with van der Waals surface area (Å²) in [7, 11) is 0. The van der Waals surface area contributed by atoms with Gasteiger partial charge in [0.15, 0.2) is 6.54 Å². The molecular formula is C22H23N4O3+. The number of carbonyl (C=O) groups excluding carboxylic acids is 2. The zero-order valence-corrected chi connectivity index (χ0v) is 16.7. The first-order valence-electron chi connectivity index (χ1n) is 9.75. The third-order valence-corrected chi connectivity index (χ3v) is 5.36. The molecule has 0 saturated heterocycles. The lowest BCUT2D eigenvalue weighted by atomic mass is 9.93. The Balaban J connectivity index is 1.68. The van der Waals surface area contributed by atoms with Crippen molar-refractivity contribution in [3.8, 4) is 11.4 Å². The number of hydrogen-bond donors (Lipinski definition) is 0. The highest BCUT2D eigenvalue weighted by atomic mass is 16.5. The van der Waals surface area contributed by atoms with Gasteiger partial charge in [-0.25, -0.2) is 4.79 Å². The Morgan fingerprint density at radius 2 is 1.97 bits per heavy atom. The summed E-state index contributed by atoms with van der Waals surface area (Å²) in [6.07, 6.45) is 7.95. The van der Waals surface area contributed by atoms with Crippen LogP contribution < -0.4 is 0 Å². The number of nitrogens with zero attached hydrogens (tertiary/aromatic N) is 4. The molecule has 148 valence electrons. The molecule has 1 aliphatic heterocycles. The van der Waals surface area contributed by atoms with Gasteiger partial charge in [0, 0.05) is 5.56 Å². The van der Waals surface area contributed by atoms with Crippen LogP contribution in [0.2, 0.25) is 0 Å². The van der Waals surface area contributed by atoms with Crippen LogP contribution in [0, 0.1) is 12.8 Å². The molecule has 2 heterocycles. The SMILES string of the molecule is CCC(C)N1C(=O)C2C=CC=CC2=[N+](Cc2nc(-c3ccc(C)cc3)no2)C1=O. The Kier molecular flexibility index (Phi) is 4.96. The van der Waals surface area contributed by atoms with Gasteiger partial charge >= 0.3 is 11.9 Å². The van der Waals surface area contributed by atoms with E-state index >= 15 is 0 Å². The number of allylic oxidation sites excluding steroid dienone is 3. The summed E-state index contributed by atoms with van der Waals surface area (Å²) in [5.41, 5.74) is 2.63. The molecule has 0 spiro atoms. The number of aromatic nitrogens is 2. The number of hydrogen-bond acceptors (Lipinski definition) is 5. The number of fused-ring (bicyclic) bond motifs is 1. The van der Waals surface area contributed by atoms with Crippen LogP contribution in [0.1, 0.15) is 31.7 Å². The van der Waals surface area contributed by atoms with Crippen LogP contribution in [0.15, 0.2) is 53.1 Å². The highest BCUT2D eigenvalue weighted by molar-refractivity contribution is 6.16. The molecule has 1 aromatic carbocycles. The number of carbonyl (C=O) groups is 2. The summed E-state index contributed by atoms with van der Waals surface area (Å²) in [5.74, 6) is 0.120. The zero-order valence-electron chi connectivity index (χ0n) is 16.7. The minimum absolute atomic E-state index is 0.113. The fraction of sp³-hybridized carbons (Fsp3) is 0.318. The second-order valence-corrected chi connectivity index (χ2v) is 7.36. The molecule has 2 unspecified atom stereocenters. The van der Waals surface area contributed by atoms with Gasteiger partial charge in [-0.3, -0.25) is 0 Å². The molecule has 4 rings (SSSR count). The van der Waals surface area contributed by atoms with Crippen molar-refractivity contribution in [1.82, 2.24) is 15.0 Å². The summed E-state index contributed by atoms with van der Waals surface area (Å²) < 4.78 is 6.98. The molecule has 0 fully saturated rings. The predicted molar refractivity (Wildman–Crippen MR) is 107 cm³/mol. The fourth-order valence-electron chi connectivity index (χ4n) is 3.50. The number of imide groups is 1. The van der Waals surface area contributed by atoms with Crippen molar-refractivity contribution in [2.75, 3.05) is 0 Å². The average molecular weight is 391 g/mol. The maximum atomic E-state index is 13.2. The van der Waals surface area contributed by atoms with Crippen molar-refractivity contribution in [3.05, 3.63) is 60.0 Å². The van der Waals surface area contributed by atoms with E-state index in [-0.39, 0.29) is 24.5 Å². The van der Waals surface area contributed by atoms with Crippen LogP contribution >= 0.6 is 0 Å². The van der Waals surface area contributed by atoms with E-state index in [9.17, 15) is 9.59 Å². The summed E-state index contributed by atoms with van der Waals surface area (Å²) >= 11 is 0. The van der Waals surface area contributed by atoms with Crippen LogP contribution in [-0.2, 0) is 11.3 Å². The van der Waals surface area contributed by atoms with Crippen LogP contribution in [-0.4, -0.2) is 43.3 Å². The second kappa shape index (κ2) is 7.58. The number of benzene rings is 1. The normalized spacial score (nSPS) is 19.7. The summed E-state index contributed by atoms with van der Waals surface area (Å²) in [6.45, 7) is 5.96. The maximum Gasteiger partial charge on any atom is 0.501 e. The molecule has 7 heteroatoms. The van der Waals surface area contributed by atoms with E-state index in [0.717, 1.165) is 11.1 Å². The van der Waals surface area contributed by atoms with E-state index in [1.165, 1.54) is 4.90 Å². The lowest BCUT2D eigenvalue weighted by Gasteiger charge is -2.29. The van der Waals surface area contributed by atoms with E-state index in [1.807, 2.05) is 63.3 Å². The first-order valence-corrected chi connectivity index (χ1v) is 9.75. The van der Waals surface area contributed by atoms with E-state index in [1.54, 1.807) is 10.7 Å². The smallest absolute Gasteiger partial charge is 0.335 e. The molecule has 2 aliphatic rings. The predicted octanol–water partition coefficient (Wildman–Crippen LogP) is 3.50. The third kappa shape index (κ3) is 3.44. The second-order valence-electron chi connectivity index (χ2n) is 7.36. The van der Waals surface area contributed by atoms with Gasteiger partial charge in [0.2, 0.25) is 5.82 Å². The zero-order chi connectivity index (χ0) is 20.5. The Morgan fingerprint density at radius 3 is 2.69 bits per heavy atom.